The zero-order valence-corrected chi connectivity index (χ0v) is 25.9. The van der Waals surface area contributed by atoms with E-state index in [1.165, 1.54) is 0 Å². The van der Waals surface area contributed by atoms with Crippen LogP contribution in [0.3, 0.4) is 0 Å². The van der Waals surface area contributed by atoms with Crippen molar-refractivity contribution >= 4 is 60.5 Å². The fourth-order valence-corrected chi connectivity index (χ4v) is 6.73. The number of anilines is 2. The molecule has 1 amide bonds. The molecule has 0 saturated carbocycles. The largest absolute Gasteiger partial charge is 0.443 e. The summed E-state index contributed by atoms with van der Waals surface area (Å²) in [5.41, 5.74) is 1.70. The summed E-state index contributed by atoms with van der Waals surface area (Å²) >= 11 is 3.80. The van der Waals surface area contributed by atoms with Gasteiger partial charge in [-0.25, -0.2) is 26.9 Å². The minimum atomic E-state index is -4.60. The maximum absolute atomic E-state index is 15.7. The van der Waals surface area contributed by atoms with Crippen molar-refractivity contribution in [1.29, 1.82) is 0 Å². The lowest BCUT2D eigenvalue weighted by Gasteiger charge is -2.28. The third-order valence-corrected chi connectivity index (χ3v) is 9.06. The molecule has 0 saturated heterocycles. The van der Waals surface area contributed by atoms with Crippen molar-refractivity contribution in [1.82, 2.24) is 4.98 Å². The minimum Gasteiger partial charge on any atom is -0.443 e. The normalized spacial score (nSPS) is 11.8. The van der Waals surface area contributed by atoms with E-state index in [-0.39, 0.29) is 41.2 Å². The Bertz CT molecular complexity index is 1510. The number of carbonyl (C=O) groups is 2. The molecule has 3 aromatic rings. The molecule has 216 valence electrons. The molecule has 0 spiro atoms. The van der Waals surface area contributed by atoms with Gasteiger partial charge in [-0.2, -0.15) is 4.39 Å². The van der Waals surface area contributed by atoms with Crippen molar-refractivity contribution < 1.29 is 31.5 Å². The van der Waals surface area contributed by atoms with Gasteiger partial charge >= 0.3 is 6.09 Å². The molecule has 0 unspecified atom stereocenters. The van der Waals surface area contributed by atoms with E-state index in [2.05, 4.69) is 20.9 Å². The highest BCUT2D eigenvalue weighted by atomic mass is 79.9. The summed E-state index contributed by atoms with van der Waals surface area (Å²) in [5, 5.41) is -0.866. The van der Waals surface area contributed by atoms with Gasteiger partial charge in [-0.05, 0) is 79.7 Å². The SMILES string of the molecule is Cc1ccc(CN(c2ncc(F)s2)S(=O)(=O)c2cc(Br)c(N(CCCC=O)C(=O)OC(C)(C)C)cc2F)cc1C. The number of aldehydes is 1. The van der Waals surface area contributed by atoms with E-state index in [1.54, 1.807) is 32.9 Å². The average molecular weight is 659 g/mol. The number of sulfonamides is 1. The molecule has 3 rings (SSSR count). The summed E-state index contributed by atoms with van der Waals surface area (Å²) in [6.07, 6.45) is 1.24. The lowest BCUT2D eigenvalue weighted by Crippen LogP contribution is -2.38. The zero-order valence-electron chi connectivity index (χ0n) is 22.7. The molecule has 1 heterocycles. The first-order valence-corrected chi connectivity index (χ1v) is 15.3. The number of amides is 1. The lowest BCUT2D eigenvalue weighted by molar-refractivity contribution is -0.107. The molecule has 0 radical (unpaired) electrons. The number of benzene rings is 2. The first-order valence-electron chi connectivity index (χ1n) is 12.3. The standard InChI is InChI=1S/C27H30BrF2N3O5S2/c1-17-8-9-19(12-18(17)2)16-33(25-31-15-24(30)39-25)40(36,37)23-13-20(28)22(14-21(23)29)32(10-6-7-11-34)26(35)38-27(3,4)5/h8-9,11-15H,6-7,10,16H2,1-5H3. The molecular formula is C27H30BrF2N3O5S2. The molecule has 0 N–H and O–H groups in total. The van der Waals surface area contributed by atoms with E-state index >= 15 is 4.39 Å². The average Bonchev–Trinajstić information content (AvgIpc) is 3.28. The first-order chi connectivity index (χ1) is 18.6. The second kappa shape index (κ2) is 12.7. The summed E-state index contributed by atoms with van der Waals surface area (Å²) in [6, 6.07) is 7.34. The quantitative estimate of drug-likeness (QED) is 0.173. The van der Waals surface area contributed by atoms with Gasteiger partial charge in [0.1, 0.15) is 22.6 Å². The fourth-order valence-electron chi connectivity index (χ4n) is 3.69. The third kappa shape index (κ3) is 7.64. The first kappa shape index (κ1) is 31.6. The van der Waals surface area contributed by atoms with Crippen molar-refractivity contribution in [3.8, 4) is 0 Å². The van der Waals surface area contributed by atoms with E-state index in [4.69, 9.17) is 4.74 Å². The van der Waals surface area contributed by atoms with Crippen LogP contribution < -0.4 is 9.21 Å². The smallest absolute Gasteiger partial charge is 0.414 e. The number of unbranched alkanes of at least 4 members (excludes halogenated alkanes) is 1. The maximum Gasteiger partial charge on any atom is 0.414 e. The second-order valence-corrected chi connectivity index (χ2v) is 13.7. The molecule has 2 aromatic carbocycles. The van der Waals surface area contributed by atoms with Gasteiger partial charge in [0, 0.05) is 23.5 Å². The van der Waals surface area contributed by atoms with Crippen molar-refractivity contribution in [3.05, 3.63) is 68.6 Å². The Morgan fingerprint density at radius 1 is 1.15 bits per heavy atom. The van der Waals surface area contributed by atoms with E-state index in [0.717, 1.165) is 38.7 Å². The predicted molar refractivity (Wildman–Crippen MR) is 154 cm³/mol. The topological polar surface area (TPSA) is 96.9 Å². The van der Waals surface area contributed by atoms with E-state index in [9.17, 15) is 22.4 Å². The molecule has 0 bridgehead atoms. The number of nitrogens with zero attached hydrogens (tertiary/aromatic N) is 3. The Morgan fingerprint density at radius 3 is 2.42 bits per heavy atom. The molecule has 13 heteroatoms. The zero-order chi connectivity index (χ0) is 29.8. The molecular weight excluding hydrogens is 628 g/mol. The Morgan fingerprint density at radius 2 is 1.85 bits per heavy atom. The number of aryl methyl sites for hydroxylation is 2. The number of thiazole rings is 1. The van der Waals surface area contributed by atoms with Crippen LogP contribution in [0.25, 0.3) is 0 Å². The Balaban J connectivity index is 2.08. The number of rotatable bonds is 10. The molecule has 0 aliphatic rings. The molecule has 0 aliphatic heterocycles. The highest BCUT2D eigenvalue weighted by Crippen LogP contribution is 2.36. The van der Waals surface area contributed by atoms with E-state index in [0.29, 0.717) is 23.2 Å². The van der Waals surface area contributed by atoms with Crippen LogP contribution in [0.1, 0.15) is 50.3 Å². The third-order valence-electron chi connectivity index (χ3n) is 5.75. The molecule has 0 fully saturated rings. The van der Waals surface area contributed by atoms with Gasteiger partial charge in [-0.15, -0.1) is 0 Å². The summed E-state index contributed by atoms with van der Waals surface area (Å²) in [4.78, 5) is 28.1. The second-order valence-electron chi connectivity index (χ2n) is 10.1. The summed E-state index contributed by atoms with van der Waals surface area (Å²) in [6.45, 7) is 8.61. The number of aromatic nitrogens is 1. The highest BCUT2D eigenvalue weighted by molar-refractivity contribution is 9.10. The minimum absolute atomic E-state index is 0.0229. The van der Waals surface area contributed by atoms with Crippen LogP contribution in [-0.4, -0.2) is 37.9 Å². The van der Waals surface area contributed by atoms with E-state index < -0.39 is 37.6 Å². The summed E-state index contributed by atoms with van der Waals surface area (Å²) < 4.78 is 63.7. The van der Waals surface area contributed by atoms with Crippen LogP contribution in [0.15, 0.2) is 45.9 Å². The Hall–Kier alpha value is -2.90. The maximum atomic E-state index is 15.7. The van der Waals surface area contributed by atoms with E-state index in [1.807, 2.05) is 19.9 Å². The van der Waals surface area contributed by atoms with Crippen molar-refractivity contribution in [3.63, 3.8) is 0 Å². The number of carbonyl (C=O) groups excluding carboxylic acids is 2. The number of hydrogen-bond acceptors (Lipinski definition) is 7. The van der Waals surface area contributed by atoms with Crippen LogP contribution in [0.4, 0.5) is 24.4 Å². The fraction of sp³-hybridized carbons (Fsp3) is 0.370. The van der Waals surface area contributed by atoms with Crippen LogP contribution >= 0.6 is 27.3 Å². The van der Waals surface area contributed by atoms with Crippen molar-refractivity contribution in [2.75, 3.05) is 15.7 Å². The monoisotopic (exact) mass is 657 g/mol. The van der Waals surface area contributed by atoms with Gasteiger partial charge in [0.2, 0.25) is 5.13 Å². The molecule has 0 aliphatic carbocycles. The van der Waals surface area contributed by atoms with Gasteiger partial charge < -0.3 is 9.53 Å². The van der Waals surface area contributed by atoms with Crippen LogP contribution in [0.5, 0.6) is 0 Å². The summed E-state index contributed by atoms with van der Waals surface area (Å²) in [5.74, 6) is -1.13. The number of halogens is 3. The molecule has 8 nitrogen and oxygen atoms in total. The Labute approximate surface area is 245 Å². The lowest BCUT2D eigenvalue weighted by atomic mass is 10.1. The summed E-state index contributed by atoms with van der Waals surface area (Å²) in [7, 11) is -4.60. The van der Waals surface area contributed by atoms with Crippen molar-refractivity contribution in [2.45, 2.75) is 64.5 Å². The number of hydrogen-bond donors (Lipinski definition) is 0. The molecule has 1 aromatic heterocycles. The van der Waals surface area contributed by atoms with Gasteiger partial charge in [0.05, 0.1) is 18.4 Å². The van der Waals surface area contributed by atoms with Crippen LogP contribution in [0, 0.1) is 24.8 Å². The van der Waals surface area contributed by atoms with Gasteiger partial charge in [0.15, 0.2) is 5.13 Å². The van der Waals surface area contributed by atoms with Gasteiger partial charge in [-0.3, -0.25) is 4.90 Å². The molecule has 40 heavy (non-hydrogen) atoms. The van der Waals surface area contributed by atoms with Gasteiger partial charge in [0.25, 0.3) is 10.0 Å². The van der Waals surface area contributed by atoms with Gasteiger partial charge in [-0.1, -0.05) is 29.5 Å². The Kier molecular flexibility index (Phi) is 10.1. The molecule has 0 atom stereocenters. The van der Waals surface area contributed by atoms with Crippen molar-refractivity contribution in [2.24, 2.45) is 0 Å². The predicted octanol–water partition coefficient (Wildman–Crippen LogP) is 6.92. The van der Waals surface area contributed by atoms with Crippen LogP contribution in [-0.2, 0) is 26.1 Å². The highest BCUT2D eigenvalue weighted by Gasteiger charge is 2.33. The van der Waals surface area contributed by atoms with Crippen LogP contribution in [0.2, 0.25) is 0 Å². The number of ether oxygens (including phenoxy) is 1.